The summed E-state index contributed by atoms with van der Waals surface area (Å²) < 4.78 is 13.5. The first kappa shape index (κ1) is 16.6. The number of allylic oxidation sites excluding steroid dienone is 2. The van der Waals surface area contributed by atoms with Crippen molar-refractivity contribution in [3.8, 4) is 0 Å². The van der Waals surface area contributed by atoms with E-state index in [1.807, 2.05) is 49.4 Å². The summed E-state index contributed by atoms with van der Waals surface area (Å²) in [5.74, 6) is -0.529. The molecule has 1 fully saturated rings. The molecule has 120 valence electrons. The van der Waals surface area contributed by atoms with Gasteiger partial charge in [0.25, 0.3) is 5.91 Å². The van der Waals surface area contributed by atoms with Gasteiger partial charge >= 0.3 is 0 Å². The van der Waals surface area contributed by atoms with E-state index < -0.39 is 0 Å². The minimum absolute atomic E-state index is 0.183. The predicted octanol–water partition coefficient (Wildman–Crippen LogP) is 5.18. The number of anilines is 1. The molecule has 5 heteroatoms. The van der Waals surface area contributed by atoms with Gasteiger partial charge < -0.3 is 0 Å². The Bertz CT molecular complexity index is 841. The van der Waals surface area contributed by atoms with Gasteiger partial charge in [-0.25, -0.2) is 4.39 Å². The Hall–Kier alpha value is -2.24. The molecule has 0 N–H and O–H groups in total. The van der Waals surface area contributed by atoms with Crippen LogP contribution in [0, 0.1) is 5.82 Å². The molecule has 0 spiro atoms. The average Bonchev–Trinajstić information content (AvgIpc) is 2.83. The third kappa shape index (κ3) is 3.63. The van der Waals surface area contributed by atoms with Crippen molar-refractivity contribution in [3.63, 3.8) is 0 Å². The SMILES string of the molecule is CC(=Cc1ccccc1)/C=C1/SC(=S)N(c2ccc(F)cc2)C1=O. The van der Waals surface area contributed by atoms with Crippen molar-refractivity contribution in [1.29, 1.82) is 0 Å². The second-order valence-electron chi connectivity index (χ2n) is 5.29. The fourth-order valence-corrected chi connectivity index (χ4v) is 3.69. The molecular weight excluding hydrogens is 341 g/mol. The van der Waals surface area contributed by atoms with Crippen LogP contribution in [-0.2, 0) is 4.79 Å². The highest BCUT2D eigenvalue weighted by atomic mass is 32.2. The maximum absolute atomic E-state index is 13.1. The standard InChI is InChI=1S/C19H14FNOS2/c1-13(11-14-5-3-2-4-6-14)12-17-18(22)21(19(23)24-17)16-9-7-15(20)8-10-16/h2-12H,1H3/b13-11?,17-12+. The first-order chi connectivity index (χ1) is 11.5. The number of hydrogen-bond donors (Lipinski definition) is 0. The second kappa shape index (κ2) is 7.11. The number of carbonyl (C=O) groups is 1. The zero-order chi connectivity index (χ0) is 17.1. The van der Waals surface area contributed by atoms with E-state index in [1.165, 1.54) is 28.8 Å². The van der Waals surface area contributed by atoms with Crippen LogP contribution in [0.25, 0.3) is 6.08 Å². The molecule has 2 nitrogen and oxygen atoms in total. The van der Waals surface area contributed by atoms with Crippen molar-refractivity contribution < 1.29 is 9.18 Å². The predicted molar refractivity (Wildman–Crippen MR) is 102 cm³/mol. The van der Waals surface area contributed by atoms with Crippen molar-refractivity contribution in [1.82, 2.24) is 0 Å². The molecule has 0 unspecified atom stereocenters. The van der Waals surface area contributed by atoms with Crippen molar-refractivity contribution in [2.75, 3.05) is 4.90 Å². The monoisotopic (exact) mass is 355 g/mol. The van der Waals surface area contributed by atoms with Crippen LogP contribution >= 0.6 is 24.0 Å². The topological polar surface area (TPSA) is 20.3 Å². The van der Waals surface area contributed by atoms with Gasteiger partial charge in [-0.15, -0.1) is 0 Å². The van der Waals surface area contributed by atoms with Crippen molar-refractivity contribution >= 4 is 46.0 Å². The lowest BCUT2D eigenvalue weighted by atomic mass is 10.1. The highest BCUT2D eigenvalue weighted by Crippen LogP contribution is 2.35. The van der Waals surface area contributed by atoms with Crippen molar-refractivity contribution in [3.05, 3.63) is 82.5 Å². The Morgan fingerprint density at radius 3 is 2.46 bits per heavy atom. The lowest BCUT2D eigenvalue weighted by Gasteiger charge is -2.14. The van der Waals surface area contributed by atoms with Gasteiger partial charge in [-0.3, -0.25) is 9.69 Å². The second-order valence-corrected chi connectivity index (χ2v) is 6.97. The molecule has 2 aromatic rings. The summed E-state index contributed by atoms with van der Waals surface area (Å²) in [5, 5.41) is 0. The fourth-order valence-electron chi connectivity index (χ4n) is 2.34. The lowest BCUT2D eigenvalue weighted by Crippen LogP contribution is -2.27. The van der Waals surface area contributed by atoms with Gasteiger partial charge in [0.05, 0.1) is 10.6 Å². The minimum atomic E-state index is -0.346. The number of thioether (sulfide) groups is 1. The Labute approximate surface area is 149 Å². The number of nitrogens with zero attached hydrogens (tertiary/aromatic N) is 1. The number of thiocarbonyl (C=S) groups is 1. The van der Waals surface area contributed by atoms with E-state index in [0.717, 1.165) is 11.1 Å². The van der Waals surface area contributed by atoms with Crippen LogP contribution in [0.1, 0.15) is 12.5 Å². The number of carbonyl (C=O) groups excluding carboxylic acids is 1. The summed E-state index contributed by atoms with van der Waals surface area (Å²) in [6.45, 7) is 1.94. The molecule has 0 saturated carbocycles. The number of benzene rings is 2. The van der Waals surface area contributed by atoms with Crippen LogP contribution in [0.2, 0.25) is 0 Å². The van der Waals surface area contributed by atoms with Gasteiger partial charge in [-0.2, -0.15) is 0 Å². The lowest BCUT2D eigenvalue weighted by molar-refractivity contribution is -0.113. The van der Waals surface area contributed by atoms with Crippen LogP contribution in [0.4, 0.5) is 10.1 Å². The number of halogens is 1. The Balaban J connectivity index is 1.85. The van der Waals surface area contributed by atoms with E-state index in [-0.39, 0.29) is 11.7 Å². The van der Waals surface area contributed by atoms with E-state index in [4.69, 9.17) is 12.2 Å². The summed E-state index contributed by atoms with van der Waals surface area (Å²) in [6, 6.07) is 15.6. The van der Waals surface area contributed by atoms with Crippen molar-refractivity contribution in [2.45, 2.75) is 6.92 Å². The summed E-state index contributed by atoms with van der Waals surface area (Å²) >= 11 is 6.56. The molecule has 1 heterocycles. The van der Waals surface area contributed by atoms with Crippen LogP contribution in [0.15, 0.2) is 71.2 Å². The summed E-state index contributed by atoms with van der Waals surface area (Å²) in [7, 11) is 0. The maximum atomic E-state index is 13.1. The van der Waals surface area contributed by atoms with Gasteiger partial charge in [0.15, 0.2) is 4.32 Å². The molecule has 1 aliphatic heterocycles. The van der Waals surface area contributed by atoms with Crippen LogP contribution in [0.3, 0.4) is 0 Å². The minimum Gasteiger partial charge on any atom is -0.268 e. The smallest absolute Gasteiger partial charge is 0.268 e. The molecule has 0 aromatic heterocycles. The van der Waals surface area contributed by atoms with Crippen LogP contribution in [-0.4, -0.2) is 10.2 Å². The first-order valence-corrected chi connectivity index (χ1v) is 8.54. The molecule has 1 amide bonds. The summed E-state index contributed by atoms with van der Waals surface area (Å²) in [5.41, 5.74) is 2.60. The molecule has 3 rings (SSSR count). The molecule has 0 atom stereocenters. The molecule has 1 saturated heterocycles. The number of amides is 1. The van der Waals surface area contributed by atoms with E-state index in [0.29, 0.717) is 14.9 Å². The number of rotatable bonds is 3. The largest absolute Gasteiger partial charge is 0.270 e. The molecular formula is C19H14FNOS2. The van der Waals surface area contributed by atoms with E-state index >= 15 is 0 Å². The zero-order valence-corrected chi connectivity index (χ0v) is 14.5. The van der Waals surface area contributed by atoms with Gasteiger partial charge in [0.2, 0.25) is 0 Å². The summed E-state index contributed by atoms with van der Waals surface area (Å²) in [6.07, 6.45) is 3.83. The highest BCUT2D eigenvalue weighted by Gasteiger charge is 2.33. The van der Waals surface area contributed by atoms with Gasteiger partial charge in [0, 0.05) is 0 Å². The summed E-state index contributed by atoms with van der Waals surface area (Å²) in [4.78, 5) is 14.6. The Kier molecular flexibility index (Phi) is 4.92. The normalized spacial score (nSPS) is 17.0. The quantitative estimate of drug-likeness (QED) is 0.559. The molecule has 24 heavy (non-hydrogen) atoms. The third-order valence-corrected chi connectivity index (χ3v) is 4.73. The van der Waals surface area contributed by atoms with Crippen molar-refractivity contribution in [2.24, 2.45) is 0 Å². The molecule has 0 bridgehead atoms. The first-order valence-electron chi connectivity index (χ1n) is 7.31. The highest BCUT2D eigenvalue weighted by molar-refractivity contribution is 8.27. The zero-order valence-electron chi connectivity index (χ0n) is 12.9. The van der Waals surface area contributed by atoms with Crippen LogP contribution < -0.4 is 4.90 Å². The number of hydrogen-bond acceptors (Lipinski definition) is 3. The van der Waals surface area contributed by atoms with E-state index in [2.05, 4.69) is 0 Å². The fraction of sp³-hybridized carbons (Fsp3) is 0.0526. The molecule has 0 aliphatic carbocycles. The van der Waals surface area contributed by atoms with Gasteiger partial charge in [0.1, 0.15) is 5.82 Å². The Morgan fingerprint density at radius 2 is 1.79 bits per heavy atom. The van der Waals surface area contributed by atoms with E-state index in [9.17, 15) is 9.18 Å². The van der Waals surface area contributed by atoms with Crippen LogP contribution in [0.5, 0.6) is 0 Å². The third-order valence-electron chi connectivity index (χ3n) is 3.43. The Morgan fingerprint density at radius 1 is 1.12 bits per heavy atom. The molecule has 0 radical (unpaired) electrons. The average molecular weight is 355 g/mol. The molecule has 1 aliphatic rings. The van der Waals surface area contributed by atoms with Gasteiger partial charge in [-0.1, -0.05) is 60.4 Å². The van der Waals surface area contributed by atoms with Gasteiger partial charge in [-0.05, 0) is 48.4 Å². The maximum Gasteiger partial charge on any atom is 0.270 e. The van der Waals surface area contributed by atoms with E-state index in [1.54, 1.807) is 12.1 Å². The molecule has 2 aromatic carbocycles.